The number of rotatable bonds is 5. The van der Waals surface area contributed by atoms with Crippen LogP contribution in [0.3, 0.4) is 0 Å². The van der Waals surface area contributed by atoms with E-state index in [-0.39, 0.29) is 17.4 Å². The molecule has 0 aliphatic heterocycles. The average Bonchev–Trinajstić information content (AvgIpc) is 2.42. The minimum Gasteiger partial charge on any atom is -0.478 e. The van der Waals surface area contributed by atoms with Crippen molar-refractivity contribution in [3.8, 4) is 0 Å². The number of nitrogens with one attached hydrogen (secondary N) is 1. The van der Waals surface area contributed by atoms with Crippen molar-refractivity contribution >= 4 is 11.8 Å². The van der Waals surface area contributed by atoms with Crippen molar-refractivity contribution in [3.63, 3.8) is 0 Å². The first-order valence-electron chi connectivity index (χ1n) is 6.26. The highest BCUT2D eigenvalue weighted by Gasteiger charge is 2.16. The van der Waals surface area contributed by atoms with Crippen molar-refractivity contribution in [2.75, 3.05) is 5.32 Å². The van der Waals surface area contributed by atoms with E-state index in [0.717, 1.165) is 11.6 Å². The maximum atomic E-state index is 13.9. The van der Waals surface area contributed by atoms with Crippen LogP contribution in [0.5, 0.6) is 0 Å². The lowest BCUT2D eigenvalue weighted by atomic mass is 10.1. The number of halogens is 1. The van der Waals surface area contributed by atoms with Crippen molar-refractivity contribution in [2.45, 2.75) is 19.4 Å². The largest absolute Gasteiger partial charge is 0.478 e. The van der Waals surface area contributed by atoms with Crippen LogP contribution in [-0.4, -0.2) is 22.1 Å². The first-order valence-corrected chi connectivity index (χ1v) is 6.26. The molecular weight excluding hydrogens is 259 g/mol. The summed E-state index contributed by atoms with van der Waals surface area (Å²) in [6.07, 6.45) is 1.98. The van der Waals surface area contributed by atoms with Gasteiger partial charge in [-0.3, -0.25) is 0 Å². The lowest BCUT2D eigenvalue weighted by Crippen LogP contribution is -2.20. The summed E-state index contributed by atoms with van der Waals surface area (Å²) in [7, 11) is 0. The molecule has 0 spiro atoms. The van der Waals surface area contributed by atoms with Crippen LogP contribution in [0, 0.1) is 5.82 Å². The van der Waals surface area contributed by atoms with Crippen molar-refractivity contribution in [2.24, 2.45) is 0 Å². The van der Waals surface area contributed by atoms with Crippen molar-refractivity contribution in [1.29, 1.82) is 0 Å². The molecule has 0 fully saturated rings. The summed E-state index contributed by atoms with van der Waals surface area (Å²) in [5, 5.41) is 11.8. The molecule has 104 valence electrons. The Morgan fingerprint density at radius 2 is 2.05 bits per heavy atom. The van der Waals surface area contributed by atoms with Gasteiger partial charge in [-0.1, -0.05) is 30.3 Å². The molecule has 0 aliphatic carbocycles. The third kappa shape index (κ3) is 3.32. The Morgan fingerprint density at radius 3 is 2.70 bits per heavy atom. The number of carboxylic acid groups (broad SMARTS) is 1. The molecule has 1 heterocycles. The number of aromatic nitrogens is 1. The van der Waals surface area contributed by atoms with Gasteiger partial charge in [-0.05, 0) is 25.0 Å². The Morgan fingerprint density at radius 1 is 1.35 bits per heavy atom. The number of carboxylic acids is 1. The van der Waals surface area contributed by atoms with E-state index in [9.17, 15) is 9.18 Å². The summed E-state index contributed by atoms with van der Waals surface area (Å²) in [6, 6.07) is 10.8. The first kappa shape index (κ1) is 14.0. The van der Waals surface area contributed by atoms with E-state index in [4.69, 9.17) is 5.11 Å². The molecule has 2 N–H and O–H groups in total. The number of anilines is 1. The van der Waals surface area contributed by atoms with Crippen LogP contribution in [0.2, 0.25) is 0 Å². The minimum atomic E-state index is -1.30. The van der Waals surface area contributed by atoms with Crippen molar-refractivity contribution in [3.05, 3.63) is 59.5 Å². The van der Waals surface area contributed by atoms with E-state index in [1.54, 1.807) is 0 Å². The van der Waals surface area contributed by atoms with Crippen LogP contribution >= 0.6 is 0 Å². The van der Waals surface area contributed by atoms with Crippen LogP contribution < -0.4 is 5.32 Å². The summed E-state index contributed by atoms with van der Waals surface area (Å²) in [4.78, 5) is 14.7. The van der Waals surface area contributed by atoms with E-state index in [1.165, 1.54) is 6.20 Å². The average molecular weight is 274 g/mol. The fourth-order valence-corrected chi connectivity index (χ4v) is 1.96. The van der Waals surface area contributed by atoms with E-state index in [0.29, 0.717) is 6.42 Å². The van der Waals surface area contributed by atoms with Crippen LogP contribution in [0.25, 0.3) is 0 Å². The SMILES string of the molecule is CC(Cc1ccccc1)Nc1nccc(C(=O)O)c1F. The van der Waals surface area contributed by atoms with Gasteiger partial charge in [0.25, 0.3) is 0 Å². The normalized spacial score (nSPS) is 11.9. The number of pyridine rings is 1. The van der Waals surface area contributed by atoms with Gasteiger partial charge in [-0.15, -0.1) is 0 Å². The molecule has 0 saturated carbocycles. The topological polar surface area (TPSA) is 62.2 Å². The van der Waals surface area contributed by atoms with Crippen LogP contribution in [0.1, 0.15) is 22.8 Å². The van der Waals surface area contributed by atoms with Gasteiger partial charge in [-0.25, -0.2) is 14.2 Å². The quantitative estimate of drug-likeness (QED) is 0.880. The third-order valence-corrected chi connectivity index (χ3v) is 2.89. The number of carbonyl (C=O) groups is 1. The van der Waals surface area contributed by atoms with E-state index < -0.39 is 11.8 Å². The van der Waals surface area contributed by atoms with Gasteiger partial charge >= 0.3 is 5.97 Å². The van der Waals surface area contributed by atoms with Gasteiger partial charge in [0.1, 0.15) is 5.56 Å². The molecule has 5 heteroatoms. The first-order chi connectivity index (χ1) is 9.58. The smallest absolute Gasteiger partial charge is 0.338 e. The second-order valence-electron chi connectivity index (χ2n) is 4.56. The van der Waals surface area contributed by atoms with E-state index >= 15 is 0 Å². The standard InChI is InChI=1S/C15H15FN2O2/c1-10(9-11-5-3-2-4-6-11)18-14-13(16)12(15(19)20)7-8-17-14/h2-8,10H,9H2,1H3,(H,17,18)(H,19,20). The van der Waals surface area contributed by atoms with Crippen molar-refractivity contribution < 1.29 is 14.3 Å². The van der Waals surface area contributed by atoms with Crippen LogP contribution in [-0.2, 0) is 6.42 Å². The monoisotopic (exact) mass is 274 g/mol. The molecule has 20 heavy (non-hydrogen) atoms. The Hall–Kier alpha value is -2.43. The Bertz CT molecular complexity index is 602. The summed E-state index contributed by atoms with van der Waals surface area (Å²) in [5.41, 5.74) is 0.733. The van der Waals surface area contributed by atoms with E-state index in [1.807, 2.05) is 37.3 Å². The number of benzene rings is 1. The van der Waals surface area contributed by atoms with Crippen LogP contribution in [0.4, 0.5) is 10.2 Å². The summed E-state index contributed by atoms with van der Waals surface area (Å²) in [5.74, 6) is -2.17. The molecular formula is C15H15FN2O2. The molecule has 0 saturated heterocycles. The van der Waals surface area contributed by atoms with E-state index in [2.05, 4.69) is 10.3 Å². The zero-order valence-corrected chi connectivity index (χ0v) is 11.0. The van der Waals surface area contributed by atoms with Gasteiger partial charge in [0.15, 0.2) is 11.6 Å². The van der Waals surface area contributed by atoms with Gasteiger partial charge < -0.3 is 10.4 Å². The molecule has 2 rings (SSSR count). The maximum absolute atomic E-state index is 13.9. The Kier molecular flexibility index (Phi) is 4.30. The predicted molar refractivity (Wildman–Crippen MR) is 74.4 cm³/mol. The number of aromatic carboxylic acids is 1. The zero-order chi connectivity index (χ0) is 14.5. The maximum Gasteiger partial charge on any atom is 0.338 e. The Labute approximate surface area is 116 Å². The third-order valence-electron chi connectivity index (χ3n) is 2.89. The van der Waals surface area contributed by atoms with Gasteiger partial charge in [0.05, 0.1) is 0 Å². The second kappa shape index (κ2) is 6.14. The highest BCUT2D eigenvalue weighted by molar-refractivity contribution is 5.88. The van der Waals surface area contributed by atoms with Crippen molar-refractivity contribution in [1.82, 2.24) is 4.98 Å². The summed E-state index contributed by atoms with van der Waals surface area (Å²) in [6.45, 7) is 1.89. The zero-order valence-electron chi connectivity index (χ0n) is 11.0. The predicted octanol–water partition coefficient (Wildman–Crippen LogP) is 2.96. The molecule has 1 unspecified atom stereocenters. The molecule has 1 aromatic heterocycles. The fraction of sp³-hybridized carbons (Fsp3) is 0.200. The molecule has 1 aromatic carbocycles. The lowest BCUT2D eigenvalue weighted by molar-refractivity contribution is 0.0692. The molecule has 1 atom stereocenters. The molecule has 0 radical (unpaired) electrons. The molecule has 0 bridgehead atoms. The summed E-state index contributed by atoms with van der Waals surface area (Å²) >= 11 is 0. The fourth-order valence-electron chi connectivity index (χ4n) is 1.96. The number of nitrogens with zero attached hydrogens (tertiary/aromatic N) is 1. The molecule has 0 aliphatic rings. The Balaban J connectivity index is 2.10. The lowest BCUT2D eigenvalue weighted by Gasteiger charge is -2.15. The molecule has 0 amide bonds. The molecule has 2 aromatic rings. The molecule has 4 nitrogen and oxygen atoms in total. The second-order valence-corrected chi connectivity index (χ2v) is 4.56. The minimum absolute atomic E-state index is 0.0340. The van der Waals surface area contributed by atoms with Gasteiger partial charge in [0, 0.05) is 12.2 Å². The van der Waals surface area contributed by atoms with Crippen LogP contribution in [0.15, 0.2) is 42.6 Å². The summed E-state index contributed by atoms with van der Waals surface area (Å²) < 4.78 is 13.9. The highest BCUT2D eigenvalue weighted by atomic mass is 19.1. The van der Waals surface area contributed by atoms with Gasteiger partial charge in [-0.2, -0.15) is 0 Å². The highest BCUT2D eigenvalue weighted by Crippen LogP contribution is 2.17. The number of hydrogen-bond acceptors (Lipinski definition) is 3. The van der Waals surface area contributed by atoms with Gasteiger partial charge in [0.2, 0.25) is 0 Å². The number of hydrogen-bond donors (Lipinski definition) is 2.